The highest BCUT2D eigenvalue weighted by Crippen LogP contribution is 2.23. The fraction of sp³-hybridized carbons (Fsp3) is 0.846. The van der Waals surface area contributed by atoms with Crippen molar-refractivity contribution in [2.24, 2.45) is 11.3 Å². The zero-order valence-corrected chi connectivity index (χ0v) is 11.9. The summed E-state index contributed by atoms with van der Waals surface area (Å²) in [6.07, 6.45) is 0.0612. The van der Waals surface area contributed by atoms with Crippen molar-refractivity contribution in [3.8, 4) is 0 Å². The molecule has 0 fully saturated rings. The highest BCUT2D eigenvalue weighted by Gasteiger charge is 2.21. The van der Waals surface area contributed by atoms with Crippen LogP contribution < -0.4 is 5.32 Å². The summed E-state index contributed by atoms with van der Waals surface area (Å²) in [5.74, 6) is -0.833. The van der Waals surface area contributed by atoms with Gasteiger partial charge in [-0.05, 0) is 18.8 Å². The number of nitrogens with one attached hydrogen (secondary N) is 1. The van der Waals surface area contributed by atoms with E-state index in [1.807, 2.05) is 6.92 Å². The lowest BCUT2D eigenvalue weighted by atomic mass is 9.85. The predicted molar refractivity (Wildman–Crippen MR) is 68.9 cm³/mol. The summed E-state index contributed by atoms with van der Waals surface area (Å²) in [5.41, 5.74) is 0.0730. The minimum absolute atomic E-state index is 0.0494. The first-order chi connectivity index (χ1) is 8.11. The largest absolute Gasteiger partial charge is 0.462 e. The van der Waals surface area contributed by atoms with E-state index in [4.69, 9.17) is 9.84 Å². The van der Waals surface area contributed by atoms with Crippen molar-refractivity contribution in [3.63, 3.8) is 0 Å². The number of hydrogen-bond acceptors (Lipinski definition) is 4. The van der Waals surface area contributed by atoms with Crippen molar-refractivity contribution in [1.29, 1.82) is 0 Å². The minimum atomic E-state index is -0.690. The van der Waals surface area contributed by atoms with Gasteiger partial charge in [-0.15, -0.1) is 0 Å². The quantitative estimate of drug-likeness (QED) is 0.700. The molecule has 0 aromatic carbocycles. The zero-order chi connectivity index (χ0) is 14.3. The number of rotatable bonds is 6. The van der Waals surface area contributed by atoms with Crippen molar-refractivity contribution < 1.29 is 19.4 Å². The molecular weight excluding hydrogens is 234 g/mol. The molecule has 0 aliphatic rings. The Labute approximate surface area is 109 Å². The number of aliphatic hydroxyl groups excluding tert-OH is 1. The molecule has 0 aromatic heterocycles. The van der Waals surface area contributed by atoms with Gasteiger partial charge in [0.2, 0.25) is 5.91 Å². The molecule has 0 saturated carbocycles. The van der Waals surface area contributed by atoms with Crippen LogP contribution in [0.5, 0.6) is 0 Å². The molecule has 5 heteroatoms. The molecule has 0 rings (SSSR count). The fourth-order valence-electron chi connectivity index (χ4n) is 1.61. The van der Waals surface area contributed by atoms with Crippen LogP contribution in [0, 0.1) is 11.3 Å². The molecule has 106 valence electrons. The van der Waals surface area contributed by atoms with Gasteiger partial charge in [0.15, 0.2) is 0 Å². The first-order valence-electron chi connectivity index (χ1n) is 6.23. The first-order valence-corrected chi connectivity index (χ1v) is 6.23. The first kappa shape index (κ1) is 16.9. The smallest absolute Gasteiger partial charge is 0.325 e. The predicted octanol–water partition coefficient (Wildman–Crippen LogP) is 1.10. The van der Waals surface area contributed by atoms with Gasteiger partial charge in [-0.2, -0.15) is 0 Å². The summed E-state index contributed by atoms with van der Waals surface area (Å²) in [4.78, 5) is 22.9. The van der Waals surface area contributed by atoms with Crippen LogP contribution in [-0.2, 0) is 14.3 Å². The molecule has 2 N–H and O–H groups in total. The van der Waals surface area contributed by atoms with E-state index in [0.717, 1.165) is 6.42 Å². The van der Waals surface area contributed by atoms with Crippen molar-refractivity contribution in [2.75, 3.05) is 13.2 Å². The van der Waals surface area contributed by atoms with Gasteiger partial charge in [-0.3, -0.25) is 9.59 Å². The van der Waals surface area contributed by atoms with Gasteiger partial charge in [0.25, 0.3) is 0 Å². The molecule has 0 heterocycles. The van der Waals surface area contributed by atoms with Crippen LogP contribution in [-0.4, -0.2) is 36.2 Å². The number of aliphatic hydroxyl groups is 1. The number of amides is 1. The molecule has 5 nitrogen and oxygen atoms in total. The van der Waals surface area contributed by atoms with Crippen LogP contribution in [0.3, 0.4) is 0 Å². The van der Waals surface area contributed by atoms with Crippen molar-refractivity contribution in [3.05, 3.63) is 0 Å². The normalized spacial score (nSPS) is 14.8. The second-order valence-electron chi connectivity index (χ2n) is 5.92. The molecule has 0 bridgehead atoms. The Hall–Kier alpha value is -1.10. The van der Waals surface area contributed by atoms with E-state index in [2.05, 4.69) is 26.1 Å². The Kier molecular flexibility index (Phi) is 6.91. The summed E-state index contributed by atoms with van der Waals surface area (Å²) in [5, 5.41) is 11.5. The third kappa shape index (κ3) is 8.98. The summed E-state index contributed by atoms with van der Waals surface area (Å²) < 4.78 is 4.73. The molecule has 2 atom stereocenters. The Morgan fingerprint density at radius 1 is 1.28 bits per heavy atom. The third-order valence-corrected chi connectivity index (χ3v) is 2.26. The van der Waals surface area contributed by atoms with Gasteiger partial charge in [-0.25, -0.2) is 0 Å². The average Bonchev–Trinajstić information content (AvgIpc) is 2.20. The van der Waals surface area contributed by atoms with Gasteiger partial charge in [0, 0.05) is 5.92 Å². The second kappa shape index (κ2) is 7.36. The Balaban J connectivity index is 3.92. The standard InChI is InChI=1S/C13H25NO4/c1-9(6-13(3,4)5)12(17)14-7-11(16)18-8-10(2)15/h9-10,15H,6-8H2,1-5H3,(H,14,17). The highest BCUT2D eigenvalue weighted by molar-refractivity contribution is 5.83. The maximum atomic E-state index is 11.7. The number of hydrogen-bond donors (Lipinski definition) is 2. The number of carbonyl (C=O) groups excluding carboxylic acids is 2. The monoisotopic (exact) mass is 259 g/mol. The molecule has 0 radical (unpaired) electrons. The van der Waals surface area contributed by atoms with Crippen LogP contribution in [0.2, 0.25) is 0 Å². The zero-order valence-electron chi connectivity index (χ0n) is 11.9. The van der Waals surface area contributed by atoms with Gasteiger partial charge in [0.05, 0.1) is 6.10 Å². The van der Waals surface area contributed by atoms with Gasteiger partial charge >= 0.3 is 5.97 Å². The topological polar surface area (TPSA) is 75.6 Å². The summed E-state index contributed by atoms with van der Waals surface area (Å²) in [6.45, 7) is 9.35. The molecule has 0 aliphatic heterocycles. The van der Waals surface area contributed by atoms with E-state index in [-0.39, 0.29) is 30.4 Å². The third-order valence-electron chi connectivity index (χ3n) is 2.26. The molecule has 0 saturated heterocycles. The summed E-state index contributed by atoms with van der Waals surface area (Å²) >= 11 is 0. The van der Waals surface area contributed by atoms with E-state index in [1.165, 1.54) is 6.92 Å². The van der Waals surface area contributed by atoms with E-state index in [0.29, 0.717) is 0 Å². The van der Waals surface area contributed by atoms with Gasteiger partial charge in [0.1, 0.15) is 13.2 Å². The fourth-order valence-corrected chi connectivity index (χ4v) is 1.61. The Morgan fingerprint density at radius 2 is 1.83 bits per heavy atom. The van der Waals surface area contributed by atoms with E-state index >= 15 is 0 Å². The van der Waals surface area contributed by atoms with Crippen molar-refractivity contribution >= 4 is 11.9 Å². The number of esters is 1. The van der Waals surface area contributed by atoms with Gasteiger partial charge in [-0.1, -0.05) is 27.7 Å². The summed E-state index contributed by atoms with van der Waals surface area (Å²) in [7, 11) is 0. The summed E-state index contributed by atoms with van der Waals surface area (Å²) in [6, 6.07) is 0. The van der Waals surface area contributed by atoms with E-state index in [1.54, 1.807) is 0 Å². The molecule has 0 aliphatic carbocycles. The number of ether oxygens (including phenoxy) is 1. The molecular formula is C13H25NO4. The lowest BCUT2D eigenvalue weighted by molar-refractivity contribution is -0.146. The van der Waals surface area contributed by atoms with Crippen LogP contribution in [0.4, 0.5) is 0 Å². The van der Waals surface area contributed by atoms with Crippen molar-refractivity contribution in [1.82, 2.24) is 5.32 Å². The maximum absolute atomic E-state index is 11.7. The highest BCUT2D eigenvalue weighted by atomic mass is 16.5. The molecule has 0 aromatic rings. The van der Waals surface area contributed by atoms with Crippen LogP contribution in [0.25, 0.3) is 0 Å². The number of carbonyl (C=O) groups is 2. The Morgan fingerprint density at radius 3 is 2.28 bits per heavy atom. The lowest BCUT2D eigenvalue weighted by Gasteiger charge is -2.22. The minimum Gasteiger partial charge on any atom is -0.462 e. The van der Waals surface area contributed by atoms with E-state index in [9.17, 15) is 9.59 Å². The van der Waals surface area contributed by atoms with Crippen LogP contribution in [0.1, 0.15) is 41.0 Å². The molecule has 2 unspecified atom stereocenters. The average molecular weight is 259 g/mol. The van der Waals surface area contributed by atoms with E-state index < -0.39 is 12.1 Å². The van der Waals surface area contributed by atoms with Crippen LogP contribution in [0.15, 0.2) is 0 Å². The Bertz CT molecular complexity index is 281. The molecule has 0 spiro atoms. The van der Waals surface area contributed by atoms with Gasteiger partial charge < -0.3 is 15.2 Å². The molecule has 18 heavy (non-hydrogen) atoms. The van der Waals surface area contributed by atoms with Crippen LogP contribution >= 0.6 is 0 Å². The SMILES string of the molecule is CC(O)COC(=O)CNC(=O)C(C)CC(C)(C)C. The molecule has 1 amide bonds. The second-order valence-corrected chi connectivity index (χ2v) is 5.92. The lowest BCUT2D eigenvalue weighted by Crippen LogP contribution is -2.36. The maximum Gasteiger partial charge on any atom is 0.325 e. The van der Waals surface area contributed by atoms with Crippen molar-refractivity contribution in [2.45, 2.75) is 47.1 Å².